The number of hydrogen-bond acceptors (Lipinski definition) is 5. The smallest absolute Gasteiger partial charge is 0.309 e. The molecule has 1 saturated heterocycles. The van der Waals surface area contributed by atoms with Gasteiger partial charge in [-0.3, -0.25) is 9.78 Å². The van der Waals surface area contributed by atoms with Crippen molar-refractivity contribution in [3.8, 4) is 0 Å². The molecule has 1 aliphatic carbocycles. The molecule has 0 amide bonds. The second-order valence-corrected chi connectivity index (χ2v) is 11.4. The third-order valence-electron chi connectivity index (χ3n) is 8.21. The van der Waals surface area contributed by atoms with Gasteiger partial charge >= 0.3 is 5.97 Å². The highest BCUT2D eigenvalue weighted by Gasteiger charge is 2.28. The van der Waals surface area contributed by atoms with Crippen molar-refractivity contribution >= 4 is 29.9 Å². The van der Waals surface area contributed by atoms with Crippen LogP contribution >= 0.6 is 0 Å². The molecule has 2 aromatic rings. The molecule has 1 aromatic heterocycles. The van der Waals surface area contributed by atoms with Crippen molar-refractivity contribution < 1.29 is 9.53 Å². The van der Waals surface area contributed by atoms with Crippen LogP contribution in [0.2, 0.25) is 0 Å². The first-order valence-corrected chi connectivity index (χ1v) is 14.8. The molecular weight excluding hydrogens is 506 g/mol. The molecule has 0 radical (unpaired) electrons. The summed E-state index contributed by atoms with van der Waals surface area (Å²) in [5, 5.41) is 5.39. The number of aryl methyl sites for hydroxylation is 1. The van der Waals surface area contributed by atoms with Crippen LogP contribution in [0.5, 0.6) is 0 Å². The third-order valence-corrected chi connectivity index (χ3v) is 8.21. The van der Waals surface area contributed by atoms with Crippen LogP contribution in [0.1, 0.15) is 69.3 Å². The SMILES string of the molecule is C=CN/C(=C(\C)c1ccc(=C)/c(=C\C(=C/C)CC2=CCCC(C(=O)O[C@@H]3CCN(C)C3)CC2)c1)c1cccc(C)n1. The fraction of sp³-hybridized carbons (Fsp3) is 0.389. The molecule has 1 unspecified atom stereocenters. The monoisotopic (exact) mass is 551 g/mol. The predicted octanol–water partition coefficient (Wildman–Crippen LogP) is 5.90. The first-order valence-electron chi connectivity index (χ1n) is 14.8. The van der Waals surface area contributed by atoms with Crippen LogP contribution in [0.4, 0.5) is 0 Å². The molecule has 1 N–H and O–H groups in total. The van der Waals surface area contributed by atoms with E-state index in [1.165, 1.54) is 11.1 Å². The molecular formula is C36H45N3O2. The summed E-state index contributed by atoms with van der Waals surface area (Å²) >= 11 is 0. The van der Waals surface area contributed by atoms with Crippen molar-refractivity contribution in [3.05, 3.63) is 99.9 Å². The number of likely N-dealkylation sites (tertiary alicyclic amines) is 1. The fourth-order valence-corrected chi connectivity index (χ4v) is 5.71. The molecule has 0 spiro atoms. The van der Waals surface area contributed by atoms with Gasteiger partial charge in [0.05, 0.1) is 17.3 Å². The van der Waals surface area contributed by atoms with E-state index in [4.69, 9.17) is 9.72 Å². The number of esters is 1. The van der Waals surface area contributed by atoms with Gasteiger partial charge in [-0.25, -0.2) is 0 Å². The second-order valence-electron chi connectivity index (χ2n) is 11.4. The Kier molecular flexibility index (Phi) is 10.5. The number of ether oxygens (including phenoxy) is 1. The van der Waals surface area contributed by atoms with Crippen molar-refractivity contribution in [1.82, 2.24) is 15.2 Å². The van der Waals surface area contributed by atoms with Gasteiger partial charge in [0.15, 0.2) is 0 Å². The van der Waals surface area contributed by atoms with Crippen LogP contribution in [0.25, 0.3) is 23.9 Å². The molecule has 5 heteroatoms. The van der Waals surface area contributed by atoms with E-state index in [9.17, 15) is 4.79 Å². The maximum atomic E-state index is 12.9. The van der Waals surface area contributed by atoms with E-state index in [-0.39, 0.29) is 18.0 Å². The highest BCUT2D eigenvalue weighted by atomic mass is 16.5. The average molecular weight is 552 g/mol. The Hall–Kier alpha value is -3.70. The molecule has 2 aliphatic rings. The van der Waals surface area contributed by atoms with Gasteiger partial charge in [-0.2, -0.15) is 0 Å². The molecule has 5 nitrogen and oxygen atoms in total. The number of aromatic nitrogens is 1. The second kappa shape index (κ2) is 14.3. The first kappa shape index (κ1) is 30.3. The summed E-state index contributed by atoms with van der Waals surface area (Å²) in [5.41, 5.74) is 7.64. The molecule has 41 heavy (non-hydrogen) atoms. The van der Waals surface area contributed by atoms with Gasteiger partial charge in [0.1, 0.15) is 6.10 Å². The van der Waals surface area contributed by atoms with Crippen molar-refractivity contribution in [2.45, 2.75) is 65.4 Å². The van der Waals surface area contributed by atoms with Gasteiger partial charge in [0.25, 0.3) is 0 Å². The summed E-state index contributed by atoms with van der Waals surface area (Å²) in [5.74, 6) is -0.0160. The number of pyridine rings is 1. The fourth-order valence-electron chi connectivity index (χ4n) is 5.71. The van der Waals surface area contributed by atoms with Gasteiger partial charge in [0.2, 0.25) is 0 Å². The third kappa shape index (κ3) is 8.17. The molecule has 2 heterocycles. The van der Waals surface area contributed by atoms with Crippen molar-refractivity contribution in [2.24, 2.45) is 5.92 Å². The first-order chi connectivity index (χ1) is 19.8. The quantitative estimate of drug-likeness (QED) is 0.311. The summed E-state index contributed by atoms with van der Waals surface area (Å²) in [7, 11) is 2.08. The summed E-state index contributed by atoms with van der Waals surface area (Å²) in [6.45, 7) is 16.2. The van der Waals surface area contributed by atoms with Crippen LogP contribution in [0.15, 0.2) is 72.5 Å². The van der Waals surface area contributed by atoms with Crippen LogP contribution in [0, 0.1) is 12.8 Å². The standard InChI is InChI=1S/C36H45N3O2/c1-7-28(21-29-12-10-13-30(18-16-29)36(40)41-33-19-20-39(6)24-33)22-32-23-31(17-15-25(32)3)27(5)35(37-8-2)34-14-9-11-26(4)38-34/h7-9,11-12,14-15,17,22-23,30,33,37H,2-3,10,13,16,18-21,24H2,1,4-6H3/b28-7-,32-22-,35-27+/t30?,33-/m1/s1. The number of carbonyl (C=O) groups is 1. The van der Waals surface area contributed by atoms with Gasteiger partial charge < -0.3 is 15.0 Å². The predicted molar refractivity (Wildman–Crippen MR) is 171 cm³/mol. The van der Waals surface area contributed by atoms with E-state index in [1.54, 1.807) is 6.20 Å². The molecule has 1 aromatic carbocycles. The van der Waals surface area contributed by atoms with Crippen LogP contribution in [-0.4, -0.2) is 42.1 Å². The summed E-state index contributed by atoms with van der Waals surface area (Å²) < 4.78 is 5.86. The van der Waals surface area contributed by atoms with Crippen LogP contribution in [0.3, 0.4) is 0 Å². The molecule has 0 saturated carbocycles. The number of likely N-dealkylation sites (N-methyl/N-ethyl adjacent to an activating group) is 1. The molecule has 0 bridgehead atoms. The Morgan fingerprint density at radius 2 is 2.05 bits per heavy atom. The number of rotatable bonds is 9. The van der Waals surface area contributed by atoms with Crippen molar-refractivity contribution in [1.29, 1.82) is 0 Å². The summed E-state index contributed by atoms with van der Waals surface area (Å²) in [4.78, 5) is 19.8. The number of hydrogen-bond donors (Lipinski definition) is 1. The highest BCUT2D eigenvalue weighted by Crippen LogP contribution is 2.29. The van der Waals surface area contributed by atoms with Gasteiger partial charge in [0, 0.05) is 18.8 Å². The number of carbonyl (C=O) groups excluding carboxylic acids is 1. The Morgan fingerprint density at radius 3 is 2.76 bits per heavy atom. The van der Waals surface area contributed by atoms with E-state index >= 15 is 0 Å². The maximum absolute atomic E-state index is 12.9. The molecule has 216 valence electrons. The Bertz CT molecular complexity index is 1470. The molecule has 1 fully saturated rings. The minimum atomic E-state index is -0.00844. The van der Waals surface area contributed by atoms with Gasteiger partial charge in [-0.1, -0.05) is 55.2 Å². The van der Waals surface area contributed by atoms with E-state index in [1.807, 2.05) is 25.1 Å². The maximum Gasteiger partial charge on any atom is 0.309 e. The minimum absolute atomic E-state index is 0.00755. The van der Waals surface area contributed by atoms with Crippen LogP contribution in [-0.2, 0) is 9.53 Å². The zero-order chi connectivity index (χ0) is 29.4. The zero-order valence-electron chi connectivity index (χ0n) is 25.2. The van der Waals surface area contributed by atoms with E-state index in [0.29, 0.717) is 0 Å². The topological polar surface area (TPSA) is 54.5 Å². The van der Waals surface area contributed by atoms with E-state index < -0.39 is 0 Å². The Labute approximate surface area is 245 Å². The lowest BCUT2D eigenvalue weighted by Gasteiger charge is -2.18. The minimum Gasteiger partial charge on any atom is -0.461 e. The van der Waals surface area contributed by atoms with Crippen LogP contribution < -0.4 is 15.8 Å². The summed E-state index contributed by atoms with van der Waals surface area (Å²) in [6.07, 6.45) is 13.9. The lowest BCUT2D eigenvalue weighted by molar-refractivity contribution is -0.153. The Balaban J connectivity index is 1.49. The Morgan fingerprint density at radius 1 is 1.22 bits per heavy atom. The zero-order valence-corrected chi connectivity index (χ0v) is 25.2. The number of allylic oxidation sites excluding steroid dienone is 5. The average Bonchev–Trinajstić information content (AvgIpc) is 3.22. The van der Waals surface area contributed by atoms with E-state index in [2.05, 4.69) is 80.7 Å². The lowest BCUT2D eigenvalue weighted by atomic mass is 9.96. The number of nitrogens with one attached hydrogen (secondary N) is 1. The summed E-state index contributed by atoms with van der Waals surface area (Å²) in [6, 6.07) is 12.4. The molecule has 2 atom stereocenters. The largest absolute Gasteiger partial charge is 0.461 e. The molecule has 4 rings (SSSR count). The van der Waals surface area contributed by atoms with Gasteiger partial charge in [-0.05, 0) is 118 Å². The highest BCUT2D eigenvalue weighted by molar-refractivity contribution is 5.88. The number of benzene rings is 1. The lowest BCUT2D eigenvalue weighted by Crippen LogP contribution is -2.26. The van der Waals surface area contributed by atoms with Crippen molar-refractivity contribution in [3.63, 3.8) is 0 Å². The van der Waals surface area contributed by atoms with Gasteiger partial charge in [-0.15, -0.1) is 0 Å². The molecule has 1 aliphatic heterocycles. The van der Waals surface area contributed by atoms with Crippen molar-refractivity contribution in [2.75, 3.05) is 20.1 Å². The van der Waals surface area contributed by atoms with E-state index in [0.717, 1.165) is 90.3 Å². The number of nitrogens with zero attached hydrogens (tertiary/aromatic N) is 2. The normalized spacial score (nSPS) is 21.1.